The highest BCUT2D eigenvalue weighted by Gasteiger charge is 2.41. The summed E-state index contributed by atoms with van der Waals surface area (Å²) in [5, 5.41) is 12.9. The summed E-state index contributed by atoms with van der Waals surface area (Å²) in [5.41, 5.74) is 0. The molecule has 1 saturated heterocycles. The van der Waals surface area contributed by atoms with E-state index in [4.69, 9.17) is 0 Å². The molecule has 4 nitrogen and oxygen atoms in total. The molecule has 1 heterocycles. The van der Waals surface area contributed by atoms with Crippen molar-refractivity contribution in [2.24, 2.45) is 5.92 Å². The van der Waals surface area contributed by atoms with Crippen LogP contribution < -0.4 is 5.32 Å². The van der Waals surface area contributed by atoms with Gasteiger partial charge in [-0.05, 0) is 38.0 Å². The highest BCUT2D eigenvalue weighted by Crippen LogP contribution is 2.34. The van der Waals surface area contributed by atoms with Crippen molar-refractivity contribution in [2.75, 3.05) is 13.2 Å². The largest absolute Gasteiger partial charge is 0.395 e. The molecule has 2 aliphatic carbocycles. The SMILES string of the molecule is O=C(C1CC2CCCCC2N1)N(CCO)C1CCCC1. The number of aliphatic hydroxyl groups is 1. The van der Waals surface area contributed by atoms with Crippen LogP contribution in [0.5, 0.6) is 0 Å². The number of carbonyl (C=O) groups excluding carboxylic acids is 1. The van der Waals surface area contributed by atoms with E-state index in [1.807, 2.05) is 4.90 Å². The number of aliphatic hydroxyl groups excluding tert-OH is 1. The molecule has 4 heteroatoms. The van der Waals surface area contributed by atoms with Crippen molar-refractivity contribution in [1.29, 1.82) is 0 Å². The van der Waals surface area contributed by atoms with Crippen LogP contribution in [0.3, 0.4) is 0 Å². The standard InChI is InChI=1S/C16H28N2O2/c19-10-9-18(13-6-2-3-7-13)16(20)15-11-12-5-1-4-8-14(12)17-15/h12-15,17,19H,1-11H2. The maximum absolute atomic E-state index is 12.8. The molecule has 0 aromatic carbocycles. The second-order valence-corrected chi connectivity index (χ2v) is 6.80. The molecule has 0 aromatic heterocycles. The number of hydrogen-bond donors (Lipinski definition) is 2. The average molecular weight is 280 g/mol. The molecule has 20 heavy (non-hydrogen) atoms. The van der Waals surface area contributed by atoms with Crippen LogP contribution in [0.15, 0.2) is 0 Å². The molecule has 2 saturated carbocycles. The number of carbonyl (C=O) groups is 1. The van der Waals surface area contributed by atoms with Gasteiger partial charge in [0.15, 0.2) is 0 Å². The molecule has 3 fully saturated rings. The van der Waals surface area contributed by atoms with Gasteiger partial charge in [-0.25, -0.2) is 0 Å². The normalized spacial score (nSPS) is 34.1. The van der Waals surface area contributed by atoms with Crippen LogP contribution in [0.2, 0.25) is 0 Å². The van der Waals surface area contributed by atoms with Gasteiger partial charge in [-0.3, -0.25) is 4.79 Å². The van der Waals surface area contributed by atoms with Crippen LogP contribution in [0.1, 0.15) is 57.8 Å². The highest BCUT2D eigenvalue weighted by molar-refractivity contribution is 5.82. The molecule has 114 valence electrons. The minimum Gasteiger partial charge on any atom is -0.395 e. The van der Waals surface area contributed by atoms with E-state index < -0.39 is 0 Å². The third-order valence-corrected chi connectivity index (χ3v) is 5.55. The van der Waals surface area contributed by atoms with Gasteiger partial charge in [0, 0.05) is 18.6 Å². The predicted octanol–water partition coefficient (Wildman–Crippen LogP) is 1.67. The fraction of sp³-hybridized carbons (Fsp3) is 0.938. The van der Waals surface area contributed by atoms with Crippen LogP contribution in [0.4, 0.5) is 0 Å². The molecule has 0 spiro atoms. The summed E-state index contributed by atoms with van der Waals surface area (Å²) in [5.74, 6) is 0.956. The summed E-state index contributed by atoms with van der Waals surface area (Å²) in [6.45, 7) is 0.596. The van der Waals surface area contributed by atoms with Gasteiger partial charge in [0.05, 0.1) is 12.6 Å². The van der Waals surface area contributed by atoms with Gasteiger partial charge in [0.1, 0.15) is 0 Å². The zero-order chi connectivity index (χ0) is 13.9. The molecular weight excluding hydrogens is 252 g/mol. The first kappa shape index (κ1) is 14.3. The Bertz CT molecular complexity index is 327. The molecule has 0 bridgehead atoms. The molecule has 1 amide bonds. The molecule has 0 aromatic rings. The second-order valence-electron chi connectivity index (χ2n) is 6.80. The van der Waals surface area contributed by atoms with Gasteiger partial charge in [0.25, 0.3) is 0 Å². The Labute approximate surface area is 121 Å². The van der Waals surface area contributed by atoms with Crippen molar-refractivity contribution in [1.82, 2.24) is 10.2 Å². The summed E-state index contributed by atoms with van der Waals surface area (Å²) in [7, 11) is 0. The van der Waals surface area contributed by atoms with E-state index in [9.17, 15) is 9.90 Å². The number of nitrogens with zero attached hydrogens (tertiary/aromatic N) is 1. The maximum Gasteiger partial charge on any atom is 0.240 e. The van der Waals surface area contributed by atoms with Crippen molar-refractivity contribution >= 4 is 5.91 Å². The lowest BCUT2D eigenvalue weighted by Crippen LogP contribution is -2.49. The predicted molar refractivity (Wildman–Crippen MR) is 78.3 cm³/mol. The first-order valence-corrected chi connectivity index (χ1v) is 8.47. The summed E-state index contributed by atoms with van der Waals surface area (Å²) in [6.07, 6.45) is 10.8. The minimum absolute atomic E-state index is 0.00949. The van der Waals surface area contributed by atoms with Crippen molar-refractivity contribution < 1.29 is 9.90 Å². The van der Waals surface area contributed by atoms with Crippen LogP contribution in [0, 0.1) is 5.92 Å². The Kier molecular flexibility index (Phi) is 4.61. The zero-order valence-corrected chi connectivity index (χ0v) is 12.4. The Balaban J connectivity index is 1.63. The van der Waals surface area contributed by atoms with Gasteiger partial charge in [-0.1, -0.05) is 25.7 Å². The van der Waals surface area contributed by atoms with E-state index in [0.29, 0.717) is 24.5 Å². The van der Waals surface area contributed by atoms with Crippen LogP contribution in [-0.2, 0) is 4.79 Å². The maximum atomic E-state index is 12.8. The second kappa shape index (κ2) is 6.44. The number of amides is 1. The third kappa shape index (κ3) is 2.86. The van der Waals surface area contributed by atoms with Crippen molar-refractivity contribution in [2.45, 2.75) is 75.9 Å². The Morgan fingerprint density at radius 3 is 2.50 bits per heavy atom. The van der Waals surface area contributed by atoms with Gasteiger partial charge in [-0.15, -0.1) is 0 Å². The van der Waals surface area contributed by atoms with E-state index in [1.54, 1.807) is 0 Å². The van der Waals surface area contributed by atoms with Crippen LogP contribution in [0.25, 0.3) is 0 Å². The minimum atomic E-state index is 0.00949. The lowest BCUT2D eigenvalue weighted by atomic mass is 9.85. The van der Waals surface area contributed by atoms with Crippen LogP contribution >= 0.6 is 0 Å². The van der Waals surface area contributed by atoms with Crippen molar-refractivity contribution in [3.8, 4) is 0 Å². The Hall–Kier alpha value is -0.610. The number of hydrogen-bond acceptors (Lipinski definition) is 3. The van der Waals surface area contributed by atoms with Gasteiger partial charge in [0.2, 0.25) is 5.91 Å². The molecule has 1 aliphatic heterocycles. The summed E-state index contributed by atoms with van der Waals surface area (Å²) >= 11 is 0. The number of fused-ring (bicyclic) bond motifs is 1. The molecule has 2 N–H and O–H groups in total. The molecule has 0 radical (unpaired) electrons. The van der Waals surface area contributed by atoms with E-state index in [0.717, 1.165) is 19.3 Å². The monoisotopic (exact) mass is 280 g/mol. The number of nitrogens with one attached hydrogen (secondary N) is 1. The molecule has 3 unspecified atom stereocenters. The van der Waals surface area contributed by atoms with Crippen molar-refractivity contribution in [3.05, 3.63) is 0 Å². The van der Waals surface area contributed by atoms with Gasteiger partial charge < -0.3 is 15.3 Å². The topological polar surface area (TPSA) is 52.6 Å². The first-order chi connectivity index (χ1) is 9.79. The fourth-order valence-electron chi connectivity index (χ4n) is 4.51. The fourth-order valence-corrected chi connectivity index (χ4v) is 4.51. The Morgan fingerprint density at radius 2 is 1.80 bits per heavy atom. The quantitative estimate of drug-likeness (QED) is 0.823. The van der Waals surface area contributed by atoms with Crippen LogP contribution in [-0.4, -0.2) is 47.2 Å². The first-order valence-electron chi connectivity index (χ1n) is 8.47. The molecule has 3 rings (SSSR count). The summed E-state index contributed by atoms with van der Waals surface area (Å²) < 4.78 is 0. The van der Waals surface area contributed by atoms with E-state index in [2.05, 4.69) is 5.32 Å². The van der Waals surface area contributed by atoms with E-state index >= 15 is 0 Å². The van der Waals surface area contributed by atoms with Crippen molar-refractivity contribution in [3.63, 3.8) is 0 Å². The smallest absolute Gasteiger partial charge is 0.240 e. The molecule has 3 aliphatic rings. The number of rotatable bonds is 4. The zero-order valence-electron chi connectivity index (χ0n) is 12.4. The molecular formula is C16H28N2O2. The summed E-state index contributed by atoms with van der Waals surface area (Å²) in [6, 6.07) is 0.951. The lowest BCUT2D eigenvalue weighted by Gasteiger charge is -2.31. The van der Waals surface area contributed by atoms with E-state index in [1.165, 1.54) is 38.5 Å². The van der Waals surface area contributed by atoms with Gasteiger partial charge in [-0.2, -0.15) is 0 Å². The average Bonchev–Trinajstić information content (AvgIpc) is 3.12. The highest BCUT2D eigenvalue weighted by atomic mass is 16.3. The van der Waals surface area contributed by atoms with Gasteiger partial charge >= 0.3 is 0 Å². The third-order valence-electron chi connectivity index (χ3n) is 5.55. The summed E-state index contributed by atoms with van der Waals surface area (Å²) in [4.78, 5) is 14.8. The lowest BCUT2D eigenvalue weighted by molar-refractivity contribution is -0.136. The van der Waals surface area contributed by atoms with E-state index in [-0.39, 0.29) is 18.6 Å². The Morgan fingerprint density at radius 1 is 1.10 bits per heavy atom. The molecule has 3 atom stereocenters.